The highest BCUT2D eigenvalue weighted by Gasteiger charge is 2.12. The van der Waals surface area contributed by atoms with Crippen LogP contribution in [0.5, 0.6) is 5.75 Å². The lowest BCUT2D eigenvalue weighted by Gasteiger charge is -2.14. The van der Waals surface area contributed by atoms with Crippen LogP contribution < -0.4 is 4.74 Å². The van der Waals surface area contributed by atoms with E-state index in [-0.39, 0.29) is 0 Å². The molecular weight excluding hydrogens is 416 g/mol. The zero-order valence-electron chi connectivity index (χ0n) is 18.6. The van der Waals surface area contributed by atoms with E-state index in [9.17, 15) is 0 Å². The molecule has 6 rings (SSSR count). The number of pyridine rings is 2. The first-order valence-electron chi connectivity index (χ1n) is 11.4. The molecule has 0 saturated carbocycles. The topological polar surface area (TPSA) is 35.0 Å². The van der Waals surface area contributed by atoms with Crippen LogP contribution in [-0.2, 0) is 6.61 Å². The molecule has 3 nitrogen and oxygen atoms in total. The van der Waals surface area contributed by atoms with Gasteiger partial charge in [-0.2, -0.15) is 0 Å². The molecule has 3 heteroatoms. The molecule has 2 aromatic heterocycles. The maximum atomic E-state index is 6.25. The quantitative estimate of drug-likeness (QED) is 0.259. The molecule has 162 valence electrons. The third-order valence-corrected chi connectivity index (χ3v) is 6.08. The molecule has 2 heterocycles. The highest BCUT2D eigenvalue weighted by Crippen LogP contribution is 2.35. The average Bonchev–Trinajstić information content (AvgIpc) is 2.92. The Labute approximate surface area is 198 Å². The highest BCUT2D eigenvalue weighted by molar-refractivity contribution is 6.06. The summed E-state index contributed by atoms with van der Waals surface area (Å²) in [7, 11) is 0. The van der Waals surface area contributed by atoms with Crippen LogP contribution in [0.15, 0.2) is 122 Å². The summed E-state index contributed by atoms with van der Waals surface area (Å²) in [4.78, 5) is 9.25. The summed E-state index contributed by atoms with van der Waals surface area (Å²) >= 11 is 0. The zero-order valence-corrected chi connectivity index (χ0v) is 18.6. The van der Waals surface area contributed by atoms with Gasteiger partial charge in [-0.05, 0) is 58.5 Å². The maximum absolute atomic E-state index is 6.25. The predicted molar refractivity (Wildman–Crippen MR) is 139 cm³/mol. The van der Waals surface area contributed by atoms with E-state index in [1.165, 1.54) is 5.39 Å². The van der Waals surface area contributed by atoms with Crippen LogP contribution in [0.25, 0.3) is 44.1 Å². The Kier molecular flexibility index (Phi) is 5.21. The van der Waals surface area contributed by atoms with E-state index >= 15 is 0 Å². The van der Waals surface area contributed by atoms with E-state index in [0.717, 1.165) is 50.0 Å². The molecule has 0 aliphatic carbocycles. The van der Waals surface area contributed by atoms with Crippen LogP contribution in [0.3, 0.4) is 0 Å². The molecule has 0 unspecified atom stereocenters. The SMILES string of the molecule is c1ccc(COc2ccc(-c3ccc4ncc5ccccc5c4c3)cc2-c2ccccn2)cc1. The molecule has 0 aliphatic rings. The first kappa shape index (κ1) is 20.1. The van der Waals surface area contributed by atoms with Gasteiger partial charge in [0.2, 0.25) is 0 Å². The number of nitrogens with zero attached hydrogens (tertiary/aromatic N) is 2. The Morgan fingerprint density at radius 1 is 0.618 bits per heavy atom. The monoisotopic (exact) mass is 438 g/mol. The van der Waals surface area contributed by atoms with Gasteiger partial charge < -0.3 is 4.74 Å². The summed E-state index contributed by atoms with van der Waals surface area (Å²) in [5.41, 5.74) is 6.24. The lowest BCUT2D eigenvalue weighted by Crippen LogP contribution is -1.98. The Morgan fingerprint density at radius 2 is 1.41 bits per heavy atom. The van der Waals surface area contributed by atoms with Crippen molar-refractivity contribution in [2.24, 2.45) is 0 Å². The Bertz CT molecular complexity index is 1590. The van der Waals surface area contributed by atoms with Gasteiger partial charge in [-0.15, -0.1) is 0 Å². The van der Waals surface area contributed by atoms with Gasteiger partial charge in [0.1, 0.15) is 12.4 Å². The molecule has 6 aromatic rings. The van der Waals surface area contributed by atoms with E-state index in [0.29, 0.717) is 6.61 Å². The first-order valence-corrected chi connectivity index (χ1v) is 11.4. The third-order valence-electron chi connectivity index (χ3n) is 6.08. The van der Waals surface area contributed by atoms with Gasteiger partial charge in [-0.3, -0.25) is 9.97 Å². The number of aromatic nitrogens is 2. The second kappa shape index (κ2) is 8.80. The van der Waals surface area contributed by atoms with E-state index in [4.69, 9.17) is 4.74 Å². The number of hydrogen-bond acceptors (Lipinski definition) is 3. The molecule has 0 radical (unpaired) electrons. The van der Waals surface area contributed by atoms with Crippen molar-refractivity contribution in [1.29, 1.82) is 0 Å². The summed E-state index contributed by atoms with van der Waals surface area (Å²) in [5.74, 6) is 0.819. The molecule has 0 aliphatic heterocycles. The predicted octanol–water partition coefficient (Wildman–Crippen LogP) is 7.70. The van der Waals surface area contributed by atoms with Crippen molar-refractivity contribution in [3.8, 4) is 28.1 Å². The minimum Gasteiger partial charge on any atom is -0.488 e. The standard InChI is InChI=1S/C31H22N2O/c1-2-8-22(9-3-1)21-34-31-16-14-24(19-28(31)29-12-6-7-17-32-29)23-13-15-30-27(18-23)26-11-5-4-10-25(26)20-33-30/h1-20H,21H2. The van der Waals surface area contributed by atoms with Crippen LogP contribution in [-0.4, -0.2) is 9.97 Å². The second-order valence-electron chi connectivity index (χ2n) is 8.28. The summed E-state index contributed by atoms with van der Waals surface area (Å²) in [6, 6.07) is 37.3. The van der Waals surface area contributed by atoms with E-state index in [1.807, 2.05) is 60.9 Å². The van der Waals surface area contributed by atoms with Crippen LogP contribution in [0, 0.1) is 0 Å². The number of benzene rings is 4. The minimum atomic E-state index is 0.508. The van der Waals surface area contributed by atoms with Crippen molar-refractivity contribution in [2.45, 2.75) is 6.61 Å². The van der Waals surface area contributed by atoms with Crippen molar-refractivity contribution in [1.82, 2.24) is 9.97 Å². The average molecular weight is 439 g/mol. The molecular formula is C31H22N2O. The van der Waals surface area contributed by atoms with E-state index in [1.54, 1.807) is 0 Å². The molecule has 0 bridgehead atoms. The lowest BCUT2D eigenvalue weighted by molar-refractivity contribution is 0.307. The highest BCUT2D eigenvalue weighted by atomic mass is 16.5. The van der Waals surface area contributed by atoms with Crippen LogP contribution in [0.1, 0.15) is 5.56 Å². The van der Waals surface area contributed by atoms with Gasteiger partial charge in [0, 0.05) is 28.7 Å². The van der Waals surface area contributed by atoms with Gasteiger partial charge >= 0.3 is 0 Å². The molecule has 0 atom stereocenters. The second-order valence-corrected chi connectivity index (χ2v) is 8.28. The number of rotatable bonds is 5. The fraction of sp³-hybridized carbons (Fsp3) is 0.0323. The summed E-state index contributed by atoms with van der Waals surface area (Å²) in [6.07, 6.45) is 3.76. The van der Waals surface area contributed by atoms with Gasteiger partial charge in [-0.1, -0.05) is 72.8 Å². The molecule has 0 spiro atoms. The maximum Gasteiger partial charge on any atom is 0.129 e. The third kappa shape index (κ3) is 3.89. The van der Waals surface area contributed by atoms with Crippen LogP contribution >= 0.6 is 0 Å². The first-order chi connectivity index (χ1) is 16.8. The van der Waals surface area contributed by atoms with E-state index < -0.39 is 0 Å². The molecule has 0 saturated heterocycles. The largest absolute Gasteiger partial charge is 0.488 e. The Hall–Kier alpha value is -4.50. The summed E-state index contributed by atoms with van der Waals surface area (Å²) in [5, 5.41) is 3.51. The van der Waals surface area contributed by atoms with Crippen LogP contribution in [0.4, 0.5) is 0 Å². The molecule has 34 heavy (non-hydrogen) atoms. The van der Waals surface area contributed by atoms with Crippen molar-refractivity contribution in [3.63, 3.8) is 0 Å². The Balaban J connectivity index is 1.44. The number of hydrogen-bond donors (Lipinski definition) is 0. The number of ether oxygens (including phenoxy) is 1. The Morgan fingerprint density at radius 3 is 2.29 bits per heavy atom. The van der Waals surface area contributed by atoms with Crippen molar-refractivity contribution < 1.29 is 4.74 Å². The molecule has 0 N–H and O–H groups in total. The molecule has 4 aromatic carbocycles. The number of fused-ring (bicyclic) bond motifs is 3. The lowest BCUT2D eigenvalue weighted by atomic mass is 9.97. The normalized spacial score (nSPS) is 11.1. The fourth-order valence-electron chi connectivity index (χ4n) is 4.33. The van der Waals surface area contributed by atoms with Crippen molar-refractivity contribution in [2.75, 3.05) is 0 Å². The molecule has 0 fully saturated rings. The fourth-order valence-corrected chi connectivity index (χ4v) is 4.33. The van der Waals surface area contributed by atoms with Crippen LogP contribution in [0.2, 0.25) is 0 Å². The van der Waals surface area contributed by atoms with Crippen molar-refractivity contribution >= 4 is 21.7 Å². The van der Waals surface area contributed by atoms with E-state index in [2.05, 4.69) is 70.6 Å². The van der Waals surface area contributed by atoms with Gasteiger partial charge in [0.15, 0.2) is 0 Å². The molecule has 0 amide bonds. The van der Waals surface area contributed by atoms with Gasteiger partial charge in [-0.25, -0.2) is 0 Å². The summed E-state index contributed by atoms with van der Waals surface area (Å²) < 4.78 is 6.25. The van der Waals surface area contributed by atoms with Gasteiger partial charge in [0.25, 0.3) is 0 Å². The zero-order chi connectivity index (χ0) is 22.7. The van der Waals surface area contributed by atoms with Crippen molar-refractivity contribution in [3.05, 3.63) is 127 Å². The minimum absolute atomic E-state index is 0.508. The smallest absolute Gasteiger partial charge is 0.129 e. The van der Waals surface area contributed by atoms with Gasteiger partial charge in [0.05, 0.1) is 11.2 Å². The summed E-state index contributed by atoms with van der Waals surface area (Å²) in [6.45, 7) is 0.508.